The third kappa shape index (κ3) is 2.60. The third-order valence-corrected chi connectivity index (χ3v) is 5.23. The number of benzene rings is 2. The van der Waals surface area contributed by atoms with Crippen LogP contribution in [0.3, 0.4) is 0 Å². The molecule has 1 aliphatic rings. The summed E-state index contributed by atoms with van der Waals surface area (Å²) in [4.78, 5) is 18.1. The third-order valence-electron chi connectivity index (χ3n) is 5.23. The van der Waals surface area contributed by atoms with Gasteiger partial charge in [-0.1, -0.05) is 43.3 Å². The summed E-state index contributed by atoms with van der Waals surface area (Å²) in [6.45, 7) is 3.90. The molecule has 0 radical (unpaired) electrons. The number of fused-ring (bicyclic) bond motifs is 1. The summed E-state index contributed by atoms with van der Waals surface area (Å²) in [7, 11) is 0. The van der Waals surface area contributed by atoms with Gasteiger partial charge in [0.15, 0.2) is 0 Å². The van der Waals surface area contributed by atoms with Gasteiger partial charge in [-0.3, -0.25) is 4.79 Å². The summed E-state index contributed by atoms with van der Waals surface area (Å²) in [5.41, 5.74) is 3.38. The van der Waals surface area contributed by atoms with Gasteiger partial charge in [-0.25, -0.2) is 0 Å². The number of likely N-dealkylation sites (tertiary alicyclic amines) is 1. The lowest BCUT2D eigenvalue weighted by Gasteiger charge is -2.37. The summed E-state index contributed by atoms with van der Waals surface area (Å²) >= 11 is 0. The Labute approximate surface area is 142 Å². The summed E-state index contributed by atoms with van der Waals surface area (Å²) in [6, 6.07) is 18.1. The van der Waals surface area contributed by atoms with Gasteiger partial charge in [0.05, 0.1) is 0 Å². The van der Waals surface area contributed by atoms with Crippen molar-refractivity contribution in [3.05, 3.63) is 71.9 Å². The molecule has 0 saturated carbocycles. The van der Waals surface area contributed by atoms with E-state index in [1.54, 1.807) is 0 Å². The van der Waals surface area contributed by atoms with Crippen molar-refractivity contribution in [1.29, 1.82) is 0 Å². The van der Waals surface area contributed by atoms with Crippen LogP contribution in [-0.2, 0) is 0 Å². The maximum Gasteiger partial charge on any atom is 0.253 e. The van der Waals surface area contributed by atoms with E-state index in [4.69, 9.17) is 0 Å². The molecule has 1 N–H and O–H groups in total. The zero-order valence-electron chi connectivity index (χ0n) is 13.9. The summed E-state index contributed by atoms with van der Waals surface area (Å²) in [6.07, 6.45) is 3.17. The molecular formula is C21H22N2O. The van der Waals surface area contributed by atoms with Crippen LogP contribution in [0.5, 0.6) is 0 Å². The normalized spacial score (nSPS) is 21.1. The molecule has 3 nitrogen and oxygen atoms in total. The molecule has 1 aromatic heterocycles. The predicted molar refractivity (Wildman–Crippen MR) is 97.2 cm³/mol. The Morgan fingerprint density at radius 2 is 1.83 bits per heavy atom. The van der Waals surface area contributed by atoms with E-state index in [2.05, 4.69) is 42.4 Å². The molecule has 3 aromatic rings. The number of carbonyl (C=O) groups is 1. The fraction of sp³-hybridized carbons (Fsp3) is 0.286. The molecule has 0 bridgehead atoms. The Hall–Kier alpha value is -2.55. The number of para-hydroxylation sites is 1. The number of H-pyrrole nitrogens is 1. The Balaban J connectivity index is 1.54. The van der Waals surface area contributed by atoms with Gasteiger partial charge in [0.1, 0.15) is 0 Å². The minimum atomic E-state index is 0.153. The number of carbonyl (C=O) groups excluding carboxylic acids is 1. The van der Waals surface area contributed by atoms with Crippen LogP contribution in [0.2, 0.25) is 0 Å². The maximum absolute atomic E-state index is 12.7. The summed E-state index contributed by atoms with van der Waals surface area (Å²) in [5.74, 6) is 1.10. The largest absolute Gasteiger partial charge is 0.361 e. The molecule has 2 unspecified atom stereocenters. The predicted octanol–water partition coefficient (Wildman–Crippen LogP) is 4.43. The molecule has 1 amide bonds. The fourth-order valence-electron chi connectivity index (χ4n) is 3.96. The standard InChI is InChI=1S/C21H22N2O/c1-15-14-23(21(24)16-7-3-2-4-8-16)12-11-17(15)19-13-22-20-10-6-5-9-18(19)20/h2-10,13,15,17,22H,11-12,14H2,1H3. The highest BCUT2D eigenvalue weighted by atomic mass is 16.2. The molecule has 0 aliphatic carbocycles. The van der Waals surface area contributed by atoms with Gasteiger partial charge in [0, 0.05) is 35.8 Å². The molecule has 24 heavy (non-hydrogen) atoms. The molecule has 2 atom stereocenters. The van der Waals surface area contributed by atoms with Crippen molar-refractivity contribution >= 4 is 16.8 Å². The Morgan fingerprint density at radius 3 is 2.62 bits per heavy atom. The Kier molecular flexibility index (Phi) is 3.85. The van der Waals surface area contributed by atoms with Crippen LogP contribution in [0.1, 0.15) is 35.2 Å². The molecule has 4 rings (SSSR count). The first-order valence-corrected chi connectivity index (χ1v) is 8.64. The van der Waals surface area contributed by atoms with Crippen molar-refractivity contribution in [3.8, 4) is 0 Å². The van der Waals surface area contributed by atoms with Gasteiger partial charge in [-0.05, 0) is 42.0 Å². The number of rotatable bonds is 2. The average Bonchev–Trinajstić information content (AvgIpc) is 3.06. The monoisotopic (exact) mass is 318 g/mol. The number of aromatic nitrogens is 1. The summed E-state index contributed by atoms with van der Waals surface area (Å²) in [5, 5.41) is 1.32. The van der Waals surface area contributed by atoms with Gasteiger partial charge in [-0.15, -0.1) is 0 Å². The number of hydrogen-bond acceptors (Lipinski definition) is 1. The lowest BCUT2D eigenvalue weighted by molar-refractivity contribution is 0.0661. The van der Waals surface area contributed by atoms with Crippen molar-refractivity contribution in [2.45, 2.75) is 19.3 Å². The van der Waals surface area contributed by atoms with Crippen LogP contribution < -0.4 is 0 Å². The lowest BCUT2D eigenvalue weighted by Crippen LogP contribution is -2.42. The number of amides is 1. The van der Waals surface area contributed by atoms with Crippen LogP contribution in [0, 0.1) is 5.92 Å². The van der Waals surface area contributed by atoms with Gasteiger partial charge in [0.2, 0.25) is 0 Å². The summed E-state index contributed by atoms with van der Waals surface area (Å²) < 4.78 is 0. The van der Waals surface area contributed by atoms with Gasteiger partial charge < -0.3 is 9.88 Å². The van der Waals surface area contributed by atoms with Gasteiger partial charge in [0.25, 0.3) is 5.91 Å². The van der Waals surface area contributed by atoms with Crippen molar-refractivity contribution in [1.82, 2.24) is 9.88 Å². The van der Waals surface area contributed by atoms with E-state index in [0.717, 1.165) is 25.1 Å². The lowest BCUT2D eigenvalue weighted by atomic mass is 9.81. The van der Waals surface area contributed by atoms with E-state index in [9.17, 15) is 4.79 Å². The molecule has 2 heterocycles. The molecule has 122 valence electrons. The van der Waals surface area contributed by atoms with Crippen molar-refractivity contribution in [2.24, 2.45) is 5.92 Å². The van der Waals surface area contributed by atoms with E-state index in [1.807, 2.05) is 35.2 Å². The van der Waals surface area contributed by atoms with Gasteiger partial charge in [-0.2, -0.15) is 0 Å². The topological polar surface area (TPSA) is 36.1 Å². The van der Waals surface area contributed by atoms with Crippen molar-refractivity contribution in [3.63, 3.8) is 0 Å². The number of nitrogens with one attached hydrogen (secondary N) is 1. The van der Waals surface area contributed by atoms with E-state index >= 15 is 0 Å². The SMILES string of the molecule is CC1CN(C(=O)c2ccccc2)CCC1c1c[nH]c2ccccc12. The number of hydrogen-bond donors (Lipinski definition) is 1. The maximum atomic E-state index is 12.7. The van der Waals surface area contributed by atoms with Crippen LogP contribution in [0.15, 0.2) is 60.8 Å². The van der Waals surface area contributed by atoms with E-state index < -0.39 is 0 Å². The highest BCUT2D eigenvalue weighted by Crippen LogP contribution is 2.36. The molecule has 0 spiro atoms. The Bertz CT molecular complexity index is 852. The second kappa shape index (κ2) is 6.16. The number of aromatic amines is 1. The second-order valence-corrected chi connectivity index (χ2v) is 6.78. The van der Waals surface area contributed by atoms with Crippen LogP contribution >= 0.6 is 0 Å². The van der Waals surface area contributed by atoms with Crippen molar-refractivity contribution < 1.29 is 4.79 Å². The second-order valence-electron chi connectivity index (χ2n) is 6.78. The Morgan fingerprint density at radius 1 is 1.08 bits per heavy atom. The fourth-order valence-corrected chi connectivity index (χ4v) is 3.96. The smallest absolute Gasteiger partial charge is 0.253 e. The highest BCUT2D eigenvalue weighted by Gasteiger charge is 2.31. The molecular weight excluding hydrogens is 296 g/mol. The van der Waals surface area contributed by atoms with E-state index in [1.165, 1.54) is 16.5 Å². The van der Waals surface area contributed by atoms with E-state index in [-0.39, 0.29) is 5.91 Å². The molecule has 1 aliphatic heterocycles. The highest BCUT2D eigenvalue weighted by molar-refractivity contribution is 5.94. The van der Waals surface area contributed by atoms with Crippen LogP contribution in [0.4, 0.5) is 0 Å². The number of nitrogens with zero attached hydrogens (tertiary/aromatic N) is 1. The average molecular weight is 318 g/mol. The zero-order chi connectivity index (χ0) is 16.5. The first-order chi connectivity index (χ1) is 11.7. The zero-order valence-corrected chi connectivity index (χ0v) is 13.9. The van der Waals surface area contributed by atoms with E-state index in [0.29, 0.717) is 11.8 Å². The molecule has 1 saturated heterocycles. The van der Waals surface area contributed by atoms with Gasteiger partial charge >= 0.3 is 0 Å². The van der Waals surface area contributed by atoms with Crippen molar-refractivity contribution in [2.75, 3.05) is 13.1 Å². The number of piperidine rings is 1. The van der Waals surface area contributed by atoms with Crippen LogP contribution in [0.25, 0.3) is 10.9 Å². The molecule has 2 aromatic carbocycles. The first kappa shape index (κ1) is 15.0. The minimum Gasteiger partial charge on any atom is -0.361 e. The molecule has 3 heteroatoms. The minimum absolute atomic E-state index is 0.153. The van der Waals surface area contributed by atoms with Crippen LogP contribution in [-0.4, -0.2) is 28.9 Å². The first-order valence-electron chi connectivity index (χ1n) is 8.64. The quantitative estimate of drug-likeness (QED) is 0.745. The molecule has 1 fully saturated rings.